The zero-order chi connectivity index (χ0) is 29.7. The van der Waals surface area contributed by atoms with Crippen LogP contribution in [0.2, 0.25) is 0 Å². The lowest BCUT2D eigenvalue weighted by molar-refractivity contribution is -0.111. The molecule has 0 bridgehead atoms. The lowest BCUT2D eigenvalue weighted by Crippen LogP contribution is -2.28. The van der Waals surface area contributed by atoms with Crippen molar-refractivity contribution in [3.63, 3.8) is 0 Å². The number of allylic oxidation sites excluding steroid dienone is 1. The number of carbonyl (C=O) groups is 2. The SMILES string of the molecule is CO[C@H](CC/C=C/C(=O)Nc1ccccc1N)[C@H](OC(=O)Nc1cccc2ccccc12)c1ccc(OCCO)cc1. The van der Waals surface area contributed by atoms with Crippen LogP contribution in [0, 0.1) is 0 Å². The second-order valence-corrected chi connectivity index (χ2v) is 9.45. The fourth-order valence-corrected chi connectivity index (χ4v) is 4.49. The van der Waals surface area contributed by atoms with E-state index in [0.717, 1.165) is 10.8 Å². The van der Waals surface area contributed by atoms with E-state index >= 15 is 0 Å². The fraction of sp³-hybridized carbons (Fsp3) is 0.212. The minimum absolute atomic E-state index is 0.0994. The average Bonchev–Trinajstić information content (AvgIpc) is 3.01. The van der Waals surface area contributed by atoms with Crippen molar-refractivity contribution < 1.29 is 28.9 Å². The van der Waals surface area contributed by atoms with Crippen LogP contribution in [0.5, 0.6) is 5.75 Å². The monoisotopic (exact) mass is 569 g/mol. The minimum Gasteiger partial charge on any atom is -0.491 e. The van der Waals surface area contributed by atoms with E-state index in [0.29, 0.717) is 41.2 Å². The van der Waals surface area contributed by atoms with Gasteiger partial charge in [0.2, 0.25) is 5.91 Å². The first-order valence-corrected chi connectivity index (χ1v) is 13.6. The summed E-state index contributed by atoms with van der Waals surface area (Å²) in [4.78, 5) is 25.5. The lowest BCUT2D eigenvalue weighted by atomic mass is 10.00. The number of nitrogen functional groups attached to an aromatic ring is 1. The van der Waals surface area contributed by atoms with Gasteiger partial charge >= 0.3 is 6.09 Å². The number of amides is 2. The number of carbonyl (C=O) groups excluding carboxylic acids is 2. The lowest BCUT2D eigenvalue weighted by Gasteiger charge is -2.26. The molecule has 0 aliphatic heterocycles. The Balaban J connectivity index is 1.46. The number of para-hydroxylation sites is 2. The molecule has 0 saturated heterocycles. The van der Waals surface area contributed by atoms with Crippen molar-refractivity contribution in [2.24, 2.45) is 0 Å². The molecule has 0 aliphatic carbocycles. The van der Waals surface area contributed by atoms with Gasteiger partial charge in [-0.1, -0.05) is 66.7 Å². The largest absolute Gasteiger partial charge is 0.491 e. The van der Waals surface area contributed by atoms with E-state index < -0.39 is 18.3 Å². The van der Waals surface area contributed by atoms with Gasteiger partial charge in [-0.15, -0.1) is 0 Å². The van der Waals surface area contributed by atoms with E-state index in [-0.39, 0.29) is 19.1 Å². The second kappa shape index (κ2) is 15.2. The molecule has 0 spiro atoms. The number of hydrogen-bond donors (Lipinski definition) is 4. The van der Waals surface area contributed by atoms with Gasteiger partial charge in [0.25, 0.3) is 0 Å². The van der Waals surface area contributed by atoms with Gasteiger partial charge < -0.3 is 30.4 Å². The molecule has 0 fully saturated rings. The van der Waals surface area contributed by atoms with E-state index in [1.807, 2.05) is 42.5 Å². The summed E-state index contributed by atoms with van der Waals surface area (Å²) in [6.45, 7) is 0.0715. The van der Waals surface area contributed by atoms with Gasteiger partial charge in [0.05, 0.1) is 29.8 Å². The van der Waals surface area contributed by atoms with Crippen molar-refractivity contribution in [1.29, 1.82) is 0 Å². The summed E-state index contributed by atoms with van der Waals surface area (Å²) >= 11 is 0. The molecule has 0 aliphatic rings. The molecule has 9 nitrogen and oxygen atoms in total. The molecular formula is C33H35N3O6. The van der Waals surface area contributed by atoms with Crippen LogP contribution in [0.15, 0.2) is 103 Å². The first kappa shape index (κ1) is 30.1. The first-order chi connectivity index (χ1) is 20.5. The summed E-state index contributed by atoms with van der Waals surface area (Å²) < 4.78 is 17.2. The average molecular weight is 570 g/mol. The van der Waals surface area contributed by atoms with Gasteiger partial charge in [0, 0.05) is 12.5 Å². The molecule has 218 valence electrons. The number of methoxy groups -OCH3 is 1. The van der Waals surface area contributed by atoms with E-state index in [4.69, 9.17) is 25.1 Å². The molecular weight excluding hydrogens is 534 g/mol. The smallest absolute Gasteiger partial charge is 0.412 e. The Bertz CT molecular complexity index is 1500. The van der Waals surface area contributed by atoms with Crippen molar-refractivity contribution >= 4 is 39.8 Å². The van der Waals surface area contributed by atoms with Crippen molar-refractivity contribution in [3.8, 4) is 5.75 Å². The minimum atomic E-state index is -0.761. The van der Waals surface area contributed by atoms with Crippen LogP contribution < -0.4 is 21.1 Å². The standard InChI is InChI=1S/C33H35N3O6/c1-40-30(15-6-7-16-31(38)35-29-13-5-4-12-27(29)34)32(24-17-19-25(20-18-24)41-22-21-37)42-33(39)36-28-14-8-10-23-9-2-3-11-26(23)28/h2-5,7-14,16-20,30,32,37H,6,15,21-22,34H2,1H3,(H,35,38)(H,36,39)/b16-7+/t30-,32-/m1/s1. The van der Waals surface area contributed by atoms with Gasteiger partial charge in [0.1, 0.15) is 12.4 Å². The van der Waals surface area contributed by atoms with Crippen molar-refractivity contribution in [3.05, 3.63) is 109 Å². The Morgan fingerprint density at radius 1 is 0.905 bits per heavy atom. The molecule has 4 rings (SSSR count). The van der Waals surface area contributed by atoms with Gasteiger partial charge in [0.15, 0.2) is 6.10 Å². The normalized spacial score (nSPS) is 12.5. The molecule has 4 aromatic carbocycles. The number of benzene rings is 4. The molecule has 4 aromatic rings. The number of anilines is 3. The maximum Gasteiger partial charge on any atom is 0.412 e. The van der Waals surface area contributed by atoms with Crippen LogP contribution in [-0.4, -0.2) is 43.5 Å². The summed E-state index contributed by atoms with van der Waals surface area (Å²) in [5, 5.41) is 16.5. The van der Waals surface area contributed by atoms with E-state index in [1.54, 1.807) is 61.7 Å². The molecule has 42 heavy (non-hydrogen) atoms. The zero-order valence-corrected chi connectivity index (χ0v) is 23.4. The number of rotatable bonds is 13. The van der Waals surface area contributed by atoms with Gasteiger partial charge in [-0.05, 0) is 60.2 Å². The highest BCUT2D eigenvalue weighted by atomic mass is 16.6. The molecule has 0 saturated carbocycles. The highest BCUT2D eigenvalue weighted by molar-refractivity contribution is 6.01. The number of nitrogens with one attached hydrogen (secondary N) is 2. The quantitative estimate of drug-likeness (QED) is 0.113. The molecule has 0 heterocycles. The van der Waals surface area contributed by atoms with Crippen LogP contribution in [-0.2, 0) is 14.3 Å². The van der Waals surface area contributed by atoms with Gasteiger partial charge in [-0.2, -0.15) is 0 Å². The number of ether oxygens (including phenoxy) is 3. The summed E-state index contributed by atoms with van der Waals surface area (Å²) in [6.07, 6.45) is 2.21. The number of aliphatic hydroxyl groups is 1. The third-order valence-corrected chi connectivity index (χ3v) is 6.58. The number of aliphatic hydroxyl groups excluding tert-OH is 1. The highest BCUT2D eigenvalue weighted by Gasteiger charge is 2.27. The predicted molar refractivity (Wildman–Crippen MR) is 164 cm³/mol. The van der Waals surface area contributed by atoms with Crippen LogP contribution in [0.3, 0.4) is 0 Å². The van der Waals surface area contributed by atoms with Gasteiger partial charge in [-0.25, -0.2) is 4.79 Å². The second-order valence-electron chi connectivity index (χ2n) is 9.45. The Kier molecular flexibility index (Phi) is 10.9. The summed E-state index contributed by atoms with van der Waals surface area (Å²) in [5.41, 5.74) is 8.25. The van der Waals surface area contributed by atoms with Crippen LogP contribution in [0.1, 0.15) is 24.5 Å². The Morgan fingerprint density at radius 3 is 2.38 bits per heavy atom. The predicted octanol–water partition coefficient (Wildman–Crippen LogP) is 6.07. The van der Waals surface area contributed by atoms with Crippen molar-refractivity contribution in [1.82, 2.24) is 0 Å². The molecule has 0 unspecified atom stereocenters. The van der Waals surface area contributed by atoms with E-state index in [2.05, 4.69) is 10.6 Å². The molecule has 0 aromatic heterocycles. The zero-order valence-electron chi connectivity index (χ0n) is 23.4. The number of nitrogens with two attached hydrogens (primary N) is 1. The highest BCUT2D eigenvalue weighted by Crippen LogP contribution is 2.30. The number of hydrogen-bond acceptors (Lipinski definition) is 7. The van der Waals surface area contributed by atoms with Crippen molar-refractivity contribution in [2.45, 2.75) is 25.0 Å². The third kappa shape index (κ3) is 8.33. The Morgan fingerprint density at radius 2 is 1.62 bits per heavy atom. The fourth-order valence-electron chi connectivity index (χ4n) is 4.49. The first-order valence-electron chi connectivity index (χ1n) is 13.6. The van der Waals surface area contributed by atoms with Crippen LogP contribution in [0.25, 0.3) is 10.8 Å². The van der Waals surface area contributed by atoms with Crippen molar-refractivity contribution in [2.75, 3.05) is 36.7 Å². The van der Waals surface area contributed by atoms with Gasteiger partial charge in [-0.3, -0.25) is 10.1 Å². The maximum atomic E-state index is 13.2. The Hall–Kier alpha value is -4.86. The molecule has 9 heteroatoms. The molecule has 0 radical (unpaired) electrons. The van der Waals surface area contributed by atoms with Crippen LogP contribution in [0.4, 0.5) is 21.9 Å². The van der Waals surface area contributed by atoms with E-state index in [9.17, 15) is 9.59 Å². The summed E-state index contributed by atoms with van der Waals surface area (Å²) in [7, 11) is 1.55. The molecule has 5 N–H and O–H groups in total. The van der Waals surface area contributed by atoms with Crippen LogP contribution >= 0.6 is 0 Å². The summed E-state index contributed by atoms with van der Waals surface area (Å²) in [6, 6.07) is 27.5. The molecule has 2 amide bonds. The number of fused-ring (bicyclic) bond motifs is 1. The molecule has 2 atom stereocenters. The maximum absolute atomic E-state index is 13.2. The topological polar surface area (TPSA) is 132 Å². The van der Waals surface area contributed by atoms with E-state index in [1.165, 1.54) is 6.08 Å². The summed E-state index contributed by atoms with van der Waals surface area (Å²) in [5.74, 6) is 0.274. The third-order valence-electron chi connectivity index (χ3n) is 6.58. The Labute approximate surface area is 244 Å².